The summed E-state index contributed by atoms with van der Waals surface area (Å²) in [5, 5.41) is 42.8. The van der Waals surface area contributed by atoms with Crippen LogP contribution < -0.4 is 11.1 Å². The van der Waals surface area contributed by atoms with Crippen LogP contribution in [0.4, 0.5) is 0 Å². The predicted molar refractivity (Wildman–Crippen MR) is 91.8 cm³/mol. The van der Waals surface area contributed by atoms with Crippen LogP contribution in [-0.2, 0) is 28.5 Å². The van der Waals surface area contributed by atoms with Crippen LogP contribution in [-0.4, -0.2) is 115 Å². The Balaban J connectivity index is 2.25. The molecule has 0 radical (unpaired) electrons. The third kappa shape index (κ3) is 4.79. The van der Waals surface area contributed by atoms with Gasteiger partial charge in [-0.25, -0.2) is 0 Å². The second kappa shape index (κ2) is 10.2. The monoisotopic (exact) mass is 410 g/mol. The summed E-state index contributed by atoms with van der Waals surface area (Å²) in [6, 6.07) is -2.06. The van der Waals surface area contributed by atoms with Gasteiger partial charge < -0.3 is 55.2 Å². The summed E-state index contributed by atoms with van der Waals surface area (Å²) in [6.45, 7) is 0.247. The average molecular weight is 410 g/mol. The van der Waals surface area contributed by atoms with Crippen molar-refractivity contribution in [1.82, 2.24) is 5.32 Å². The third-order valence-corrected chi connectivity index (χ3v) is 4.92. The molecule has 2 aliphatic rings. The van der Waals surface area contributed by atoms with E-state index in [0.717, 1.165) is 0 Å². The van der Waals surface area contributed by atoms with Crippen molar-refractivity contribution in [2.75, 3.05) is 27.4 Å². The van der Waals surface area contributed by atoms with Crippen molar-refractivity contribution in [3.05, 3.63) is 0 Å². The molecule has 2 rings (SSSR count). The summed E-state index contributed by atoms with van der Waals surface area (Å²) in [5.41, 5.74) is 5.90. The summed E-state index contributed by atoms with van der Waals surface area (Å²) < 4.78 is 27.2. The summed E-state index contributed by atoms with van der Waals surface area (Å²) in [5.74, 6) is -0.464. The van der Waals surface area contributed by atoms with Gasteiger partial charge in [-0.05, 0) is 0 Å². The molecule has 2 heterocycles. The number of carbonyl (C=O) groups is 1. The highest BCUT2D eigenvalue weighted by Gasteiger charge is 2.51. The first-order chi connectivity index (χ1) is 13.3. The second-order valence-electron chi connectivity index (χ2n) is 6.77. The normalized spacial score (nSPS) is 44.3. The Labute approximate surface area is 162 Å². The van der Waals surface area contributed by atoms with Gasteiger partial charge in [-0.15, -0.1) is 0 Å². The first kappa shape index (κ1) is 23.3. The second-order valence-corrected chi connectivity index (χ2v) is 6.77. The van der Waals surface area contributed by atoms with E-state index in [9.17, 15) is 25.2 Å². The van der Waals surface area contributed by atoms with Crippen molar-refractivity contribution >= 4 is 5.91 Å². The molecule has 0 spiro atoms. The summed E-state index contributed by atoms with van der Waals surface area (Å²) >= 11 is 0. The van der Waals surface area contributed by atoms with E-state index in [1.807, 2.05) is 0 Å². The fourth-order valence-corrected chi connectivity index (χ4v) is 3.49. The van der Waals surface area contributed by atoms with Gasteiger partial charge in [-0.1, -0.05) is 0 Å². The van der Waals surface area contributed by atoms with E-state index in [2.05, 4.69) is 5.32 Å². The first-order valence-electron chi connectivity index (χ1n) is 8.91. The van der Waals surface area contributed by atoms with Crippen molar-refractivity contribution in [2.45, 2.75) is 68.2 Å². The molecule has 0 bridgehead atoms. The number of nitrogens with one attached hydrogen (secondary N) is 1. The molecular formula is C16H30N2O10. The fourth-order valence-electron chi connectivity index (χ4n) is 3.49. The first-order valence-corrected chi connectivity index (χ1v) is 8.91. The summed E-state index contributed by atoms with van der Waals surface area (Å²) in [4.78, 5) is 11.6. The smallest absolute Gasteiger partial charge is 0.217 e. The van der Waals surface area contributed by atoms with E-state index in [1.54, 1.807) is 0 Å². The molecule has 0 aromatic carbocycles. The number of hydrogen-bond acceptors (Lipinski definition) is 11. The van der Waals surface area contributed by atoms with E-state index < -0.39 is 80.4 Å². The molecule has 0 saturated carbocycles. The van der Waals surface area contributed by atoms with Crippen molar-refractivity contribution < 1.29 is 48.9 Å². The summed E-state index contributed by atoms with van der Waals surface area (Å²) in [7, 11) is 2.67. The Bertz CT molecular complexity index is 510. The summed E-state index contributed by atoms with van der Waals surface area (Å²) in [6.07, 6.45) is -8.87. The number of rotatable bonds is 7. The maximum absolute atomic E-state index is 11.6. The molecule has 7 N–H and O–H groups in total. The minimum atomic E-state index is -1.30. The highest BCUT2D eigenvalue weighted by Crippen LogP contribution is 2.29. The number of ether oxygens (including phenoxy) is 5. The number of carbonyl (C=O) groups excluding carboxylic acids is 1. The zero-order valence-corrected chi connectivity index (χ0v) is 16.0. The van der Waals surface area contributed by atoms with Crippen LogP contribution in [0.25, 0.3) is 0 Å². The van der Waals surface area contributed by atoms with Gasteiger partial charge in [-0.2, -0.15) is 0 Å². The van der Waals surface area contributed by atoms with E-state index in [-0.39, 0.29) is 0 Å². The fraction of sp³-hybridized carbons (Fsp3) is 0.938. The van der Waals surface area contributed by atoms with Gasteiger partial charge in [0.25, 0.3) is 0 Å². The maximum atomic E-state index is 11.6. The van der Waals surface area contributed by atoms with E-state index in [4.69, 9.17) is 29.4 Å². The van der Waals surface area contributed by atoms with Crippen molar-refractivity contribution in [3.8, 4) is 0 Å². The zero-order valence-electron chi connectivity index (χ0n) is 16.0. The van der Waals surface area contributed by atoms with Gasteiger partial charge in [-0.3, -0.25) is 4.79 Å². The minimum Gasteiger partial charge on any atom is -0.394 e. The molecule has 2 aliphatic heterocycles. The van der Waals surface area contributed by atoms with Gasteiger partial charge in [0.2, 0.25) is 5.91 Å². The largest absolute Gasteiger partial charge is 0.394 e. The molecule has 1 amide bonds. The van der Waals surface area contributed by atoms with Gasteiger partial charge in [0.15, 0.2) is 12.6 Å². The SMILES string of the molecule is COC1OC(CO)C(OC2OC(CO)C(OC)C(O)C2NC(C)=O)C(O)C1N. The molecule has 164 valence electrons. The van der Waals surface area contributed by atoms with E-state index in [0.29, 0.717) is 0 Å². The minimum absolute atomic E-state index is 0.464. The molecule has 12 heteroatoms. The molecule has 10 unspecified atom stereocenters. The third-order valence-electron chi connectivity index (χ3n) is 4.92. The Hall–Kier alpha value is -0.930. The highest BCUT2D eigenvalue weighted by molar-refractivity contribution is 5.73. The van der Waals surface area contributed by atoms with Crippen LogP contribution in [0.15, 0.2) is 0 Å². The van der Waals surface area contributed by atoms with E-state index in [1.165, 1.54) is 21.1 Å². The number of methoxy groups -OCH3 is 2. The number of aliphatic hydroxyl groups excluding tert-OH is 4. The number of aliphatic hydroxyl groups is 4. The Morgan fingerprint density at radius 2 is 1.57 bits per heavy atom. The molecule has 0 aromatic heterocycles. The number of amides is 1. The molecule has 10 atom stereocenters. The van der Waals surface area contributed by atoms with Crippen LogP contribution in [0.1, 0.15) is 6.92 Å². The molecule has 0 aliphatic carbocycles. The van der Waals surface area contributed by atoms with Crippen molar-refractivity contribution in [1.29, 1.82) is 0 Å². The van der Waals surface area contributed by atoms with Crippen LogP contribution in [0.3, 0.4) is 0 Å². The zero-order chi connectivity index (χ0) is 21.0. The number of nitrogens with two attached hydrogens (primary N) is 1. The standard InChI is InChI=1S/C16H30N2O10/c1-6(21)18-10-12(23)13(24-2)7(4-19)27-16(10)28-14-8(5-20)26-15(25-3)9(17)11(14)22/h7-16,19-20,22-23H,4-5,17H2,1-3H3,(H,18,21). The van der Waals surface area contributed by atoms with Crippen LogP contribution >= 0.6 is 0 Å². The lowest BCUT2D eigenvalue weighted by Gasteiger charge is -2.47. The Kier molecular flexibility index (Phi) is 8.51. The number of hydrogen-bond donors (Lipinski definition) is 6. The molecule has 2 saturated heterocycles. The van der Waals surface area contributed by atoms with Crippen LogP contribution in [0, 0.1) is 0 Å². The highest BCUT2D eigenvalue weighted by atomic mass is 16.7. The molecular weight excluding hydrogens is 380 g/mol. The Morgan fingerprint density at radius 1 is 1.00 bits per heavy atom. The van der Waals surface area contributed by atoms with Gasteiger partial charge in [0.1, 0.15) is 42.7 Å². The lowest BCUT2D eigenvalue weighted by atomic mass is 9.95. The molecule has 12 nitrogen and oxygen atoms in total. The maximum Gasteiger partial charge on any atom is 0.217 e. The van der Waals surface area contributed by atoms with Crippen molar-refractivity contribution in [3.63, 3.8) is 0 Å². The lowest BCUT2D eigenvalue weighted by Crippen LogP contribution is -2.68. The quantitative estimate of drug-likeness (QED) is 0.241. The lowest BCUT2D eigenvalue weighted by molar-refractivity contribution is -0.329. The van der Waals surface area contributed by atoms with E-state index >= 15 is 0 Å². The average Bonchev–Trinajstić information content (AvgIpc) is 2.67. The van der Waals surface area contributed by atoms with Gasteiger partial charge in [0, 0.05) is 21.1 Å². The molecule has 2 fully saturated rings. The predicted octanol–water partition coefficient (Wildman–Crippen LogP) is -3.98. The molecule has 0 aromatic rings. The topological polar surface area (TPSA) is 182 Å². The van der Waals surface area contributed by atoms with Crippen LogP contribution in [0.5, 0.6) is 0 Å². The van der Waals surface area contributed by atoms with Gasteiger partial charge in [0.05, 0.1) is 19.3 Å². The van der Waals surface area contributed by atoms with Gasteiger partial charge >= 0.3 is 0 Å². The van der Waals surface area contributed by atoms with Crippen molar-refractivity contribution in [2.24, 2.45) is 5.73 Å². The van der Waals surface area contributed by atoms with Crippen LogP contribution in [0.2, 0.25) is 0 Å². The Morgan fingerprint density at radius 3 is 2.07 bits per heavy atom. The molecule has 28 heavy (non-hydrogen) atoms.